The van der Waals surface area contributed by atoms with E-state index in [-0.39, 0.29) is 5.56 Å². The molecular formula is C11H18N2O2. The van der Waals surface area contributed by atoms with Gasteiger partial charge in [0.25, 0.3) is 0 Å². The molecular weight excluding hydrogens is 192 g/mol. The van der Waals surface area contributed by atoms with E-state index in [1.54, 1.807) is 6.07 Å². The number of nitrogens with zero attached hydrogens (tertiary/aromatic N) is 1. The molecule has 0 aromatic carbocycles. The topological polar surface area (TPSA) is 76.2 Å². The molecule has 15 heavy (non-hydrogen) atoms. The Hall–Kier alpha value is -1.42. The quantitative estimate of drug-likeness (QED) is 0.744. The normalized spacial score (nSPS) is 8.93. The van der Waals surface area contributed by atoms with Crippen molar-refractivity contribution in [3.05, 3.63) is 30.1 Å². The Bertz CT molecular complexity index is 259. The Balaban J connectivity index is 0.000000288. The highest BCUT2D eigenvalue weighted by Gasteiger charge is 1.97. The molecule has 0 radical (unpaired) electrons. The summed E-state index contributed by atoms with van der Waals surface area (Å²) in [6.07, 6.45) is 6.60. The Morgan fingerprint density at radius 2 is 2.27 bits per heavy atom. The number of hydrogen-bond acceptors (Lipinski definition) is 3. The first-order valence-corrected chi connectivity index (χ1v) is 5.05. The van der Waals surface area contributed by atoms with Crippen LogP contribution in [-0.4, -0.2) is 22.6 Å². The lowest BCUT2D eigenvalue weighted by atomic mass is 10.3. The Morgan fingerprint density at radius 1 is 1.53 bits per heavy atom. The molecule has 1 aromatic heterocycles. The molecule has 84 valence electrons. The lowest BCUT2D eigenvalue weighted by molar-refractivity contribution is 0.0696. The maximum Gasteiger partial charge on any atom is 0.337 e. The third-order valence-corrected chi connectivity index (χ3v) is 1.72. The molecule has 0 atom stereocenters. The first-order chi connectivity index (χ1) is 7.22. The number of carbonyl (C=O) groups is 1. The van der Waals surface area contributed by atoms with Crippen molar-refractivity contribution in [3.8, 4) is 0 Å². The number of aromatic carboxylic acids is 1. The SMILES string of the molecule is CCCCCN.O=C(O)c1cccnc1. The summed E-state index contributed by atoms with van der Waals surface area (Å²) >= 11 is 0. The third kappa shape index (κ3) is 7.64. The van der Waals surface area contributed by atoms with Gasteiger partial charge in [-0.1, -0.05) is 19.8 Å². The number of unbranched alkanes of at least 4 members (excludes halogenated alkanes) is 2. The highest BCUT2D eigenvalue weighted by atomic mass is 16.4. The predicted octanol–water partition coefficient (Wildman–Crippen LogP) is 1.92. The minimum absolute atomic E-state index is 0.220. The summed E-state index contributed by atoms with van der Waals surface area (Å²) in [7, 11) is 0. The number of hydrogen-bond donors (Lipinski definition) is 2. The largest absolute Gasteiger partial charge is 0.478 e. The van der Waals surface area contributed by atoms with Gasteiger partial charge in [0.05, 0.1) is 5.56 Å². The van der Waals surface area contributed by atoms with Crippen LogP contribution in [0.2, 0.25) is 0 Å². The van der Waals surface area contributed by atoms with E-state index in [4.69, 9.17) is 10.8 Å². The molecule has 4 heteroatoms. The van der Waals surface area contributed by atoms with E-state index in [9.17, 15) is 4.79 Å². The average molecular weight is 210 g/mol. The summed E-state index contributed by atoms with van der Waals surface area (Å²) in [4.78, 5) is 13.8. The molecule has 3 N–H and O–H groups in total. The minimum Gasteiger partial charge on any atom is -0.478 e. The fourth-order valence-electron chi connectivity index (χ4n) is 0.884. The summed E-state index contributed by atoms with van der Waals surface area (Å²) in [5.41, 5.74) is 5.43. The molecule has 1 rings (SSSR count). The van der Waals surface area contributed by atoms with Crippen molar-refractivity contribution in [1.29, 1.82) is 0 Å². The number of carboxylic acid groups (broad SMARTS) is 1. The number of rotatable bonds is 4. The van der Waals surface area contributed by atoms with Crippen LogP contribution in [0.4, 0.5) is 0 Å². The van der Waals surface area contributed by atoms with Gasteiger partial charge in [0.2, 0.25) is 0 Å². The fraction of sp³-hybridized carbons (Fsp3) is 0.455. The molecule has 0 saturated carbocycles. The van der Waals surface area contributed by atoms with E-state index in [1.165, 1.54) is 37.7 Å². The van der Waals surface area contributed by atoms with Gasteiger partial charge in [-0.15, -0.1) is 0 Å². The van der Waals surface area contributed by atoms with Crippen LogP contribution in [-0.2, 0) is 0 Å². The molecule has 0 aliphatic heterocycles. The zero-order valence-corrected chi connectivity index (χ0v) is 9.02. The van der Waals surface area contributed by atoms with Gasteiger partial charge in [-0.25, -0.2) is 4.79 Å². The van der Waals surface area contributed by atoms with Crippen LogP contribution in [0.5, 0.6) is 0 Å². The van der Waals surface area contributed by atoms with Gasteiger partial charge in [0.15, 0.2) is 0 Å². The molecule has 1 aromatic rings. The monoisotopic (exact) mass is 210 g/mol. The molecule has 0 bridgehead atoms. The van der Waals surface area contributed by atoms with Gasteiger partial charge in [0, 0.05) is 12.4 Å². The van der Waals surface area contributed by atoms with E-state index >= 15 is 0 Å². The van der Waals surface area contributed by atoms with Crippen molar-refractivity contribution in [1.82, 2.24) is 4.98 Å². The maximum atomic E-state index is 10.2. The van der Waals surface area contributed by atoms with Crippen LogP contribution in [0.3, 0.4) is 0 Å². The van der Waals surface area contributed by atoms with E-state index in [0.717, 1.165) is 6.54 Å². The van der Waals surface area contributed by atoms with Crippen LogP contribution in [0.25, 0.3) is 0 Å². The van der Waals surface area contributed by atoms with Gasteiger partial charge in [-0.2, -0.15) is 0 Å². The van der Waals surface area contributed by atoms with Crippen molar-refractivity contribution >= 4 is 5.97 Å². The van der Waals surface area contributed by atoms with Gasteiger partial charge in [0.1, 0.15) is 0 Å². The smallest absolute Gasteiger partial charge is 0.337 e. The minimum atomic E-state index is -0.942. The van der Waals surface area contributed by atoms with E-state index in [0.29, 0.717) is 0 Å². The fourth-order valence-corrected chi connectivity index (χ4v) is 0.884. The molecule has 4 nitrogen and oxygen atoms in total. The van der Waals surface area contributed by atoms with Crippen molar-refractivity contribution in [3.63, 3.8) is 0 Å². The predicted molar refractivity (Wildman–Crippen MR) is 59.8 cm³/mol. The first kappa shape index (κ1) is 13.6. The molecule has 0 saturated heterocycles. The van der Waals surface area contributed by atoms with E-state index in [2.05, 4.69) is 11.9 Å². The standard InChI is InChI=1S/C6H5NO2.C5H13N/c8-6(9)5-2-1-3-7-4-5;1-2-3-4-5-6/h1-4H,(H,8,9);2-6H2,1H3. The lowest BCUT2D eigenvalue weighted by Gasteiger charge is -1.87. The summed E-state index contributed by atoms with van der Waals surface area (Å²) < 4.78 is 0. The molecule has 0 unspecified atom stereocenters. The average Bonchev–Trinajstić information content (AvgIpc) is 2.28. The van der Waals surface area contributed by atoms with Crippen LogP contribution < -0.4 is 5.73 Å². The second-order valence-electron chi connectivity index (χ2n) is 3.04. The summed E-state index contributed by atoms with van der Waals surface area (Å²) in [6.45, 7) is 3.03. The Morgan fingerprint density at radius 3 is 2.53 bits per heavy atom. The summed E-state index contributed by atoms with van der Waals surface area (Å²) in [5, 5.41) is 8.34. The van der Waals surface area contributed by atoms with Crippen molar-refractivity contribution in [2.75, 3.05) is 6.54 Å². The second-order valence-corrected chi connectivity index (χ2v) is 3.04. The van der Waals surface area contributed by atoms with Crippen LogP contribution >= 0.6 is 0 Å². The van der Waals surface area contributed by atoms with Crippen LogP contribution in [0.15, 0.2) is 24.5 Å². The van der Waals surface area contributed by atoms with Crippen molar-refractivity contribution < 1.29 is 9.90 Å². The van der Waals surface area contributed by atoms with Crippen molar-refractivity contribution in [2.24, 2.45) is 5.73 Å². The van der Waals surface area contributed by atoms with E-state index in [1.807, 2.05) is 0 Å². The first-order valence-electron chi connectivity index (χ1n) is 5.05. The van der Waals surface area contributed by atoms with Gasteiger partial charge >= 0.3 is 5.97 Å². The van der Waals surface area contributed by atoms with Crippen LogP contribution in [0.1, 0.15) is 36.5 Å². The molecule has 1 heterocycles. The number of aromatic nitrogens is 1. The number of pyridine rings is 1. The number of carboxylic acids is 1. The van der Waals surface area contributed by atoms with Crippen molar-refractivity contribution in [2.45, 2.75) is 26.2 Å². The van der Waals surface area contributed by atoms with Gasteiger partial charge in [-0.3, -0.25) is 4.98 Å². The number of nitrogens with two attached hydrogens (primary N) is 1. The highest BCUT2D eigenvalue weighted by Crippen LogP contribution is 1.92. The zero-order chi connectivity index (χ0) is 11.5. The lowest BCUT2D eigenvalue weighted by Crippen LogP contribution is -1.96. The summed E-state index contributed by atoms with van der Waals surface area (Å²) in [6, 6.07) is 3.08. The zero-order valence-electron chi connectivity index (χ0n) is 9.02. The van der Waals surface area contributed by atoms with Gasteiger partial charge in [-0.05, 0) is 25.1 Å². The summed E-state index contributed by atoms with van der Waals surface area (Å²) in [5.74, 6) is -0.942. The Labute approximate surface area is 90.1 Å². The van der Waals surface area contributed by atoms with E-state index < -0.39 is 5.97 Å². The molecule has 0 spiro atoms. The Kier molecular flexibility index (Phi) is 8.28. The van der Waals surface area contributed by atoms with Crippen LogP contribution in [0, 0.1) is 0 Å². The maximum absolute atomic E-state index is 10.2. The molecule has 0 amide bonds. The highest BCUT2D eigenvalue weighted by molar-refractivity contribution is 5.86. The second kappa shape index (κ2) is 9.15. The molecule has 0 aliphatic carbocycles. The molecule has 0 fully saturated rings. The molecule has 0 aliphatic rings. The third-order valence-electron chi connectivity index (χ3n) is 1.72. The van der Waals surface area contributed by atoms with Gasteiger partial charge < -0.3 is 10.8 Å².